The lowest BCUT2D eigenvalue weighted by Gasteiger charge is -2.34. The lowest BCUT2D eigenvalue weighted by molar-refractivity contribution is 0.313. The zero-order chi connectivity index (χ0) is 21.4. The Balaban J connectivity index is 1.42. The average Bonchev–Trinajstić information content (AvgIpc) is 3.40. The van der Waals surface area contributed by atoms with Crippen LogP contribution in [0.4, 0.5) is 17.3 Å². The second-order valence-electron chi connectivity index (χ2n) is 7.83. The van der Waals surface area contributed by atoms with Crippen molar-refractivity contribution in [1.82, 2.24) is 19.9 Å². The van der Waals surface area contributed by atoms with Gasteiger partial charge in [-0.3, -0.25) is 0 Å². The van der Waals surface area contributed by atoms with E-state index in [1.807, 2.05) is 25.3 Å². The number of nitrogens with one attached hydrogen (secondary N) is 2. The van der Waals surface area contributed by atoms with Crippen LogP contribution in [-0.2, 0) is 0 Å². The first kappa shape index (κ1) is 19.5. The minimum absolute atomic E-state index is 0.529. The molecule has 0 saturated carbocycles. The number of piperazine rings is 1. The molecule has 5 rings (SSSR count). The molecule has 1 aliphatic rings. The first-order valence-corrected chi connectivity index (χ1v) is 11.1. The molecule has 8 heteroatoms. The Morgan fingerprint density at radius 2 is 1.87 bits per heavy atom. The van der Waals surface area contributed by atoms with Gasteiger partial charge in [-0.1, -0.05) is 0 Å². The van der Waals surface area contributed by atoms with Gasteiger partial charge in [0.25, 0.3) is 0 Å². The number of thiophene rings is 1. The number of hydrogen-bond acceptors (Lipinski definition) is 7. The Labute approximate surface area is 185 Å². The number of nitriles is 1. The van der Waals surface area contributed by atoms with Crippen molar-refractivity contribution < 1.29 is 0 Å². The van der Waals surface area contributed by atoms with Gasteiger partial charge < -0.3 is 20.1 Å². The van der Waals surface area contributed by atoms with Gasteiger partial charge in [0, 0.05) is 49.1 Å². The summed E-state index contributed by atoms with van der Waals surface area (Å²) in [5.74, 6) is 0.529. The zero-order valence-electron chi connectivity index (χ0n) is 17.5. The van der Waals surface area contributed by atoms with Crippen molar-refractivity contribution in [1.29, 1.82) is 5.26 Å². The van der Waals surface area contributed by atoms with Crippen molar-refractivity contribution in [2.75, 3.05) is 43.4 Å². The lowest BCUT2D eigenvalue weighted by Crippen LogP contribution is -2.44. The molecule has 1 aliphatic heterocycles. The molecule has 156 valence electrons. The van der Waals surface area contributed by atoms with Crippen LogP contribution in [-0.4, -0.2) is 53.1 Å². The van der Waals surface area contributed by atoms with Gasteiger partial charge in [-0.05, 0) is 55.9 Å². The van der Waals surface area contributed by atoms with Crippen molar-refractivity contribution in [3.63, 3.8) is 0 Å². The number of aromatic nitrogens is 3. The van der Waals surface area contributed by atoms with Crippen LogP contribution >= 0.6 is 11.3 Å². The second kappa shape index (κ2) is 8.02. The Kier molecular flexibility index (Phi) is 5.06. The minimum atomic E-state index is 0.529. The Morgan fingerprint density at radius 1 is 1.10 bits per heavy atom. The number of fused-ring (bicyclic) bond motifs is 1. The second-order valence-corrected chi connectivity index (χ2v) is 8.88. The predicted molar refractivity (Wildman–Crippen MR) is 126 cm³/mol. The number of rotatable bonds is 4. The number of H-pyrrole nitrogens is 1. The summed E-state index contributed by atoms with van der Waals surface area (Å²) < 4.78 is 0. The molecule has 0 spiro atoms. The highest BCUT2D eigenvalue weighted by Crippen LogP contribution is 2.34. The van der Waals surface area contributed by atoms with E-state index in [0.29, 0.717) is 10.8 Å². The largest absolute Gasteiger partial charge is 0.369 e. The highest BCUT2D eigenvalue weighted by atomic mass is 32.1. The molecule has 2 N–H and O–H groups in total. The number of nitrogens with zero attached hydrogens (tertiary/aromatic N) is 5. The van der Waals surface area contributed by atoms with Gasteiger partial charge in [-0.25, -0.2) is 4.98 Å². The van der Waals surface area contributed by atoms with Crippen LogP contribution in [0.2, 0.25) is 0 Å². The highest BCUT2D eigenvalue weighted by molar-refractivity contribution is 7.16. The predicted octanol–water partition coefficient (Wildman–Crippen LogP) is 4.36. The van der Waals surface area contributed by atoms with E-state index in [9.17, 15) is 5.26 Å². The topological polar surface area (TPSA) is 83.9 Å². The fourth-order valence-electron chi connectivity index (χ4n) is 3.84. The summed E-state index contributed by atoms with van der Waals surface area (Å²) >= 11 is 1.46. The monoisotopic (exact) mass is 429 g/mol. The van der Waals surface area contributed by atoms with Crippen molar-refractivity contribution >= 4 is 39.7 Å². The van der Waals surface area contributed by atoms with E-state index in [-0.39, 0.29) is 0 Å². The number of anilines is 3. The standard InChI is InChI=1S/C23H23N7S/c1-15-13-19(31-20(15)14-24)21-18-7-8-25-22(18)28-23(27-21)26-16-3-5-17(6-4-16)30-11-9-29(2)10-12-30/h3-8,13H,9-12H2,1-2H3,(H2,25,26,27,28). The van der Waals surface area contributed by atoms with Gasteiger partial charge in [0.2, 0.25) is 5.95 Å². The lowest BCUT2D eigenvalue weighted by atomic mass is 10.2. The summed E-state index contributed by atoms with van der Waals surface area (Å²) in [6, 6.07) is 14.7. The molecule has 0 atom stereocenters. The zero-order valence-corrected chi connectivity index (χ0v) is 18.3. The van der Waals surface area contributed by atoms with E-state index in [1.165, 1.54) is 17.0 Å². The fourth-order valence-corrected chi connectivity index (χ4v) is 4.82. The molecule has 0 aliphatic carbocycles. The van der Waals surface area contributed by atoms with E-state index in [0.717, 1.165) is 59.0 Å². The smallest absolute Gasteiger partial charge is 0.229 e. The first-order valence-electron chi connectivity index (χ1n) is 10.3. The third-order valence-electron chi connectivity index (χ3n) is 5.66. The number of likely N-dealkylation sites (N-methyl/N-ethyl adjacent to an activating group) is 1. The van der Waals surface area contributed by atoms with E-state index >= 15 is 0 Å². The minimum Gasteiger partial charge on any atom is -0.369 e. The molecule has 31 heavy (non-hydrogen) atoms. The van der Waals surface area contributed by atoms with Gasteiger partial charge in [0.15, 0.2) is 0 Å². The van der Waals surface area contributed by atoms with Crippen LogP contribution in [0.15, 0.2) is 42.6 Å². The summed E-state index contributed by atoms with van der Waals surface area (Å²) in [7, 11) is 2.16. The van der Waals surface area contributed by atoms with Gasteiger partial charge in [-0.15, -0.1) is 11.3 Å². The molecule has 4 heterocycles. The maximum Gasteiger partial charge on any atom is 0.229 e. The molecule has 0 unspecified atom stereocenters. The molecule has 1 aromatic carbocycles. The van der Waals surface area contributed by atoms with Crippen LogP contribution in [0.5, 0.6) is 0 Å². The molecule has 7 nitrogen and oxygen atoms in total. The van der Waals surface area contributed by atoms with Crippen molar-refractivity contribution in [2.24, 2.45) is 0 Å². The molecule has 3 aromatic heterocycles. The summed E-state index contributed by atoms with van der Waals surface area (Å²) in [5, 5.41) is 13.6. The Morgan fingerprint density at radius 3 is 2.58 bits per heavy atom. The summed E-state index contributed by atoms with van der Waals surface area (Å²) in [6.07, 6.45) is 1.86. The van der Waals surface area contributed by atoms with Gasteiger partial charge in [0.05, 0.1) is 10.6 Å². The van der Waals surface area contributed by atoms with Crippen LogP contribution in [0.25, 0.3) is 21.6 Å². The Hall–Kier alpha value is -3.41. The van der Waals surface area contributed by atoms with E-state index in [2.05, 4.69) is 62.5 Å². The van der Waals surface area contributed by atoms with E-state index in [4.69, 9.17) is 4.98 Å². The van der Waals surface area contributed by atoms with Gasteiger partial charge >= 0.3 is 0 Å². The summed E-state index contributed by atoms with van der Waals surface area (Å²) in [6.45, 7) is 6.22. The van der Waals surface area contributed by atoms with Crippen LogP contribution in [0, 0.1) is 18.3 Å². The van der Waals surface area contributed by atoms with E-state index < -0.39 is 0 Å². The van der Waals surface area contributed by atoms with Crippen molar-refractivity contribution in [2.45, 2.75) is 6.92 Å². The molecular formula is C23H23N7S. The molecule has 1 fully saturated rings. The number of hydrogen-bond donors (Lipinski definition) is 2. The molecule has 0 bridgehead atoms. The number of aryl methyl sites for hydroxylation is 1. The van der Waals surface area contributed by atoms with Crippen LogP contribution in [0.3, 0.4) is 0 Å². The van der Waals surface area contributed by atoms with Crippen LogP contribution in [0.1, 0.15) is 10.4 Å². The van der Waals surface area contributed by atoms with Crippen molar-refractivity contribution in [3.05, 3.63) is 53.0 Å². The molecule has 1 saturated heterocycles. The maximum atomic E-state index is 9.33. The summed E-state index contributed by atoms with van der Waals surface area (Å²) in [4.78, 5) is 19.1. The van der Waals surface area contributed by atoms with Gasteiger partial charge in [0.1, 0.15) is 16.6 Å². The van der Waals surface area contributed by atoms with Gasteiger partial charge in [-0.2, -0.15) is 10.2 Å². The maximum absolute atomic E-state index is 9.33. The van der Waals surface area contributed by atoms with Crippen LogP contribution < -0.4 is 10.2 Å². The highest BCUT2D eigenvalue weighted by Gasteiger charge is 2.16. The molecule has 0 amide bonds. The number of aromatic amines is 1. The normalized spacial score (nSPS) is 14.7. The molecule has 4 aromatic rings. The Bertz CT molecular complexity index is 1260. The third-order valence-corrected chi connectivity index (χ3v) is 6.81. The quantitative estimate of drug-likeness (QED) is 0.501. The fraction of sp³-hybridized carbons (Fsp3) is 0.261. The molecular weight excluding hydrogens is 406 g/mol. The van der Waals surface area contributed by atoms with E-state index in [1.54, 1.807) is 0 Å². The number of benzene rings is 1. The summed E-state index contributed by atoms with van der Waals surface area (Å²) in [5.41, 5.74) is 4.75. The molecule has 0 radical (unpaired) electrons. The SMILES string of the molecule is Cc1cc(-c2nc(Nc3ccc(N4CCN(C)CC4)cc3)nc3[nH]ccc23)sc1C#N. The first-order chi connectivity index (χ1) is 15.1. The average molecular weight is 430 g/mol. The van der Waals surface area contributed by atoms with Crippen molar-refractivity contribution in [3.8, 4) is 16.6 Å². The third kappa shape index (κ3) is 3.85.